The van der Waals surface area contributed by atoms with E-state index in [2.05, 4.69) is 16.6 Å². The molecule has 3 N–H and O–H groups in total. The summed E-state index contributed by atoms with van der Waals surface area (Å²) in [5.41, 5.74) is 5.87. The molecule has 2 aliphatic rings. The normalized spacial score (nSPS) is 24.7. The molecule has 0 amide bonds. The second-order valence-electron chi connectivity index (χ2n) is 5.12. The van der Waals surface area contributed by atoms with Crippen LogP contribution in [0.4, 0.5) is 0 Å². The Morgan fingerprint density at radius 3 is 2.62 bits per heavy atom. The molecule has 4 heteroatoms. The third kappa shape index (κ3) is 2.84. The molecule has 2 aliphatic carbocycles. The molecule has 0 heterocycles. The van der Waals surface area contributed by atoms with Crippen LogP contribution in [-0.4, -0.2) is 30.1 Å². The highest BCUT2D eigenvalue weighted by molar-refractivity contribution is 8.00. The molecule has 0 bridgehead atoms. The zero-order valence-electron chi connectivity index (χ0n) is 10.2. The number of aliphatic imine (C=N–C) groups is 1. The van der Waals surface area contributed by atoms with Crippen molar-refractivity contribution >= 4 is 17.7 Å². The van der Waals surface area contributed by atoms with Gasteiger partial charge in [-0.15, -0.1) is 0 Å². The summed E-state index contributed by atoms with van der Waals surface area (Å²) in [7, 11) is 0. The molecule has 2 saturated carbocycles. The van der Waals surface area contributed by atoms with E-state index in [0.717, 1.165) is 19.0 Å². The average Bonchev–Trinajstić information content (AvgIpc) is 2.14. The quantitative estimate of drug-likeness (QED) is 0.571. The summed E-state index contributed by atoms with van der Waals surface area (Å²) in [6.45, 7) is 1.90. The van der Waals surface area contributed by atoms with Crippen molar-refractivity contribution < 1.29 is 0 Å². The van der Waals surface area contributed by atoms with Crippen molar-refractivity contribution in [1.82, 2.24) is 5.32 Å². The molecule has 2 rings (SSSR count). The molecular weight excluding hydrogens is 218 g/mol. The van der Waals surface area contributed by atoms with E-state index in [-0.39, 0.29) is 0 Å². The van der Waals surface area contributed by atoms with Gasteiger partial charge >= 0.3 is 0 Å². The van der Waals surface area contributed by atoms with Crippen molar-refractivity contribution in [2.45, 2.75) is 43.3 Å². The molecular formula is C12H23N3S. The summed E-state index contributed by atoms with van der Waals surface area (Å²) in [6.07, 6.45) is 10.2. The van der Waals surface area contributed by atoms with Crippen LogP contribution in [0.3, 0.4) is 0 Å². The maximum Gasteiger partial charge on any atom is 0.188 e. The first-order valence-electron chi connectivity index (χ1n) is 6.33. The summed E-state index contributed by atoms with van der Waals surface area (Å²) in [4.78, 5) is 4.48. The molecule has 16 heavy (non-hydrogen) atoms. The van der Waals surface area contributed by atoms with Gasteiger partial charge < -0.3 is 11.1 Å². The van der Waals surface area contributed by atoms with E-state index in [0.29, 0.717) is 10.7 Å². The van der Waals surface area contributed by atoms with Crippen LogP contribution in [0.5, 0.6) is 0 Å². The SMILES string of the molecule is CSC1(CN=C(N)NCC2CCC2)CCC1. The molecule has 2 fully saturated rings. The highest BCUT2D eigenvalue weighted by atomic mass is 32.2. The van der Waals surface area contributed by atoms with Crippen molar-refractivity contribution in [3.63, 3.8) is 0 Å². The van der Waals surface area contributed by atoms with Gasteiger partial charge in [-0.05, 0) is 37.9 Å². The van der Waals surface area contributed by atoms with Crippen LogP contribution in [0.25, 0.3) is 0 Å². The molecule has 0 atom stereocenters. The van der Waals surface area contributed by atoms with Crippen molar-refractivity contribution in [2.24, 2.45) is 16.6 Å². The minimum Gasteiger partial charge on any atom is -0.370 e. The molecule has 92 valence electrons. The van der Waals surface area contributed by atoms with Crippen LogP contribution >= 0.6 is 11.8 Å². The monoisotopic (exact) mass is 241 g/mol. The smallest absolute Gasteiger partial charge is 0.188 e. The number of nitrogens with zero attached hydrogens (tertiary/aromatic N) is 1. The van der Waals surface area contributed by atoms with Gasteiger partial charge in [-0.1, -0.05) is 12.8 Å². The van der Waals surface area contributed by atoms with E-state index in [4.69, 9.17) is 5.73 Å². The second-order valence-corrected chi connectivity index (χ2v) is 6.39. The van der Waals surface area contributed by atoms with Crippen LogP contribution in [0.15, 0.2) is 4.99 Å². The number of hydrogen-bond donors (Lipinski definition) is 2. The minimum atomic E-state index is 0.406. The second kappa shape index (κ2) is 5.30. The van der Waals surface area contributed by atoms with Crippen LogP contribution in [0.1, 0.15) is 38.5 Å². The lowest BCUT2D eigenvalue weighted by atomic mass is 9.84. The van der Waals surface area contributed by atoms with Gasteiger partial charge in [0.05, 0.1) is 6.54 Å². The first-order valence-corrected chi connectivity index (χ1v) is 7.55. The Hall–Kier alpha value is -0.380. The largest absolute Gasteiger partial charge is 0.370 e. The molecule has 3 nitrogen and oxygen atoms in total. The third-order valence-corrected chi connectivity index (χ3v) is 5.44. The van der Waals surface area contributed by atoms with E-state index in [1.807, 2.05) is 11.8 Å². The predicted molar refractivity (Wildman–Crippen MR) is 71.9 cm³/mol. The van der Waals surface area contributed by atoms with Crippen molar-refractivity contribution in [2.75, 3.05) is 19.3 Å². The topological polar surface area (TPSA) is 50.4 Å². The van der Waals surface area contributed by atoms with Crippen LogP contribution < -0.4 is 11.1 Å². The van der Waals surface area contributed by atoms with Crippen LogP contribution in [0.2, 0.25) is 0 Å². The number of nitrogens with two attached hydrogens (primary N) is 1. The molecule has 0 unspecified atom stereocenters. The van der Waals surface area contributed by atoms with Crippen molar-refractivity contribution in [1.29, 1.82) is 0 Å². The molecule has 0 aliphatic heterocycles. The first kappa shape index (κ1) is 12.1. The zero-order valence-corrected chi connectivity index (χ0v) is 11.0. The Balaban J connectivity index is 1.68. The van der Waals surface area contributed by atoms with Crippen molar-refractivity contribution in [3.8, 4) is 0 Å². The van der Waals surface area contributed by atoms with Gasteiger partial charge in [-0.25, -0.2) is 0 Å². The lowest BCUT2D eigenvalue weighted by Gasteiger charge is -2.39. The molecule has 0 saturated heterocycles. The van der Waals surface area contributed by atoms with Crippen LogP contribution in [0, 0.1) is 5.92 Å². The van der Waals surface area contributed by atoms with Gasteiger partial charge in [0.25, 0.3) is 0 Å². The van der Waals surface area contributed by atoms with E-state index < -0.39 is 0 Å². The van der Waals surface area contributed by atoms with Crippen LogP contribution in [-0.2, 0) is 0 Å². The Morgan fingerprint density at radius 2 is 2.19 bits per heavy atom. The van der Waals surface area contributed by atoms with Gasteiger partial charge in [0.2, 0.25) is 0 Å². The predicted octanol–water partition coefficient (Wildman–Crippen LogP) is 1.98. The maximum absolute atomic E-state index is 5.87. The summed E-state index contributed by atoms with van der Waals surface area (Å²) in [6, 6.07) is 0. The minimum absolute atomic E-state index is 0.406. The number of thioether (sulfide) groups is 1. The average molecular weight is 241 g/mol. The molecule has 0 spiro atoms. The fourth-order valence-electron chi connectivity index (χ4n) is 2.23. The van der Waals surface area contributed by atoms with E-state index in [1.165, 1.54) is 38.5 Å². The fraction of sp³-hybridized carbons (Fsp3) is 0.917. The molecule has 0 aromatic rings. The fourth-order valence-corrected chi connectivity index (χ4v) is 3.12. The van der Waals surface area contributed by atoms with Gasteiger partial charge in [0, 0.05) is 11.3 Å². The Kier molecular flexibility index (Phi) is 4.00. The Bertz CT molecular complexity index is 251. The van der Waals surface area contributed by atoms with Gasteiger partial charge in [0.15, 0.2) is 5.96 Å². The lowest BCUT2D eigenvalue weighted by Crippen LogP contribution is -2.41. The summed E-state index contributed by atoms with van der Waals surface area (Å²) in [5, 5.41) is 3.25. The van der Waals surface area contributed by atoms with Gasteiger partial charge in [-0.3, -0.25) is 4.99 Å². The molecule has 0 aromatic carbocycles. The van der Waals surface area contributed by atoms with Gasteiger partial charge in [-0.2, -0.15) is 11.8 Å². The number of nitrogens with one attached hydrogen (secondary N) is 1. The molecule has 0 aromatic heterocycles. The Morgan fingerprint density at radius 1 is 1.44 bits per heavy atom. The summed E-state index contributed by atoms with van der Waals surface area (Å²) in [5.74, 6) is 1.49. The number of rotatable bonds is 5. The van der Waals surface area contributed by atoms with E-state index in [1.54, 1.807) is 0 Å². The third-order valence-electron chi connectivity index (χ3n) is 4.03. The highest BCUT2D eigenvalue weighted by Gasteiger charge is 2.35. The van der Waals surface area contributed by atoms with Crippen molar-refractivity contribution in [3.05, 3.63) is 0 Å². The van der Waals surface area contributed by atoms with Gasteiger partial charge in [0.1, 0.15) is 0 Å². The standard InChI is InChI=1S/C12H23N3S/c1-16-12(6-3-7-12)9-15-11(13)14-8-10-4-2-5-10/h10H,2-9H2,1H3,(H3,13,14,15). The lowest BCUT2D eigenvalue weighted by molar-refractivity contribution is 0.315. The van der Waals surface area contributed by atoms with E-state index >= 15 is 0 Å². The number of guanidine groups is 1. The zero-order chi connectivity index (χ0) is 11.4. The Labute approximate surface area is 103 Å². The first-order chi connectivity index (χ1) is 7.74. The molecule has 0 radical (unpaired) electrons. The number of hydrogen-bond acceptors (Lipinski definition) is 2. The van der Waals surface area contributed by atoms with E-state index in [9.17, 15) is 0 Å². The summed E-state index contributed by atoms with van der Waals surface area (Å²) >= 11 is 1.95. The summed E-state index contributed by atoms with van der Waals surface area (Å²) < 4.78 is 0.406. The highest BCUT2D eigenvalue weighted by Crippen LogP contribution is 2.42. The maximum atomic E-state index is 5.87.